The number of nitrogens with one attached hydrogen (secondary N) is 1. The number of nitrogens with zero attached hydrogens (tertiary/aromatic N) is 2. The molecule has 3 rings (SSSR count). The quantitative estimate of drug-likeness (QED) is 0.789. The minimum Gasteiger partial charge on any atom is -0.362 e. The molecule has 0 unspecified atom stereocenters. The van der Waals surface area contributed by atoms with E-state index in [1.807, 2.05) is 0 Å². The molecule has 0 atom stereocenters. The van der Waals surface area contributed by atoms with E-state index in [0.29, 0.717) is 22.9 Å². The van der Waals surface area contributed by atoms with Crippen LogP contribution in [-0.2, 0) is 0 Å². The fourth-order valence-electron chi connectivity index (χ4n) is 1.91. The lowest BCUT2D eigenvalue weighted by atomic mass is 10.1. The van der Waals surface area contributed by atoms with Crippen LogP contribution < -0.4 is 5.32 Å². The van der Waals surface area contributed by atoms with Crippen LogP contribution in [0.25, 0.3) is 11.3 Å². The van der Waals surface area contributed by atoms with Crippen LogP contribution in [0.3, 0.4) is 0 Å². The summed E-state index contributed by atoms with van der Waals surface area (Å²) < 4.78 is 31.9. The van der Waals surface area contributed by atoms with E-state index in [-0.39, 0.29) is 5.56 Å². The second-order valence-corrected chi connectivity index (χ2v) is 4.45. The fraction of sp³-hybridized carbons (Fsp3) is 0.0667. The Bertz CT molecular complexity index is 786. The van der Waals surface area contributed by atoms with Gasteiger partial charge in [0, 0.05) is 5.56 Å². The normalized spacial score (nSPS) is 10.6. The first kappa shape index (κ1) is 13.2. The number of aromatic nitrogens is 2. The number of pyridine rings is 1. The predicted octanol–water partition coefficient (Wildman–Crippen LogP) is 4.07. The maximum absolute atomic E-state index is 13.8. The summed E-state index contributed by atoms with van der Waals surface area (Å²) in [6, 6.07) is 9.03. The third-order valence-corrected chi connectivity index (χ3v) is 2.99. The van der Waals surface area contributed by atoms with Gasteiger partial charge in [0.2, 0.25) is 0 Å². The maximum Gasteiger partial charge on any atom is 0.168 e. The van der Waals surface area contributed by atoms with Crippen LogP contribution in [0.1, 0.15) is 5.69 Å². The molecule has 2 aromatic heterocycles. The summed E-state index contributed by atoms with van der Waals surface area (Å²) in [6.45, 7) is 1.78. The van der Waals surface area contributed by atoms with Crippen molar-refractivity contribution < 1.29 is 13.3 Å². The van der Waals surface area contributed by atoms with Gasteiger partial charge in [-0.1, -0.05) is 17.3 Å². The van der Waals surface area contributed by atoms with E-state index in [0.717, 1.165) is 6.07 Å². The molecule has 4 nitrogen and oxygen atoms in total. The first-order chi connectivity index (χ1) is 10.1. The molecule has 0 bridgehead atoms. The van der Waals surface area contributed by atoms with Crippen molar-refractivity contribution in [2.24, 2.45) is 0 Å². The molecule has 0 amide bonds. The van der Waals surface area contributed by atoms with Crippen molar-refractivity contribution in [2.75, 3.05) is 5.32 Å². The Kier molecular flexibility index (Phi) is 3.35. The number of hydrogen-bond acceptors (Lipinski definition) is 4. The molecule has 0 aliphatic rings. The topological polar surface area (TPSA) is 51.0 Å². The first-order valence-corrected chi connectivity index (χ1v) is 6.24. The minimum absolute atomic E-state index is 0.112. The van der Waals surface area contributed by atoms with E-state index in [4.69, 9.17) is 4.52 Å². The summed E-state index contributed by atoms with van der Waals surface area (Å²) in [5.74, 6) is -1.33. The Morgan fingerprint density at radius 2 is 1.90 bits per heavy atom. The van der Waals surface area contributed by atoms with Crippen LogP contribution in [-0.4, -0.2) is 10.1 Å². The molecule has 0 spiro atoms. The van der Waals surface area contributed by atoms with Crippen molar-refractivity contribution in [2.45, 2.75) is 6.92 Å². The molecule has 1 N–H and O–H groups in total. The molecule has 1 aromatic carbocycles. The van der Waals surface area contributed by atoms with Crippen molar-refractivity contribution >= 4 is 11.5 Å². The Balaban J connectivity index is 1.97. The highest BCUT2D eigenvalue weighted by molar-refractivity contribution is 5.64. The summed E-state index contributed by atoms with van der Waals surface area (Å²) in [7, 11) is 0. The summed E-state index contributed by atoms with van der Waals surface area (Å²) in [4.78, 5) is 4.27. The van der Waals surface area contributed by atoms with Crippen LogP contribution in [0.15, 0.2) is 47.2 Å². The molecule has 21 heavy (non-hydrogen) atoms. The monoisotopic (exact) mass is 287 g/mol. The van der Waals surface area contributed by atoms with Crippen molar-refractivity contribution in [3.63, 3.8) is 0 Å². The van der Waals surface area contributed by atoms with Gasteiger partial charge in [0.05, 0.1) is 5.69 Å². The molecule has 2 heterocycles. The number of anilines is 2. The van der Waals surface area contributed by atoms with Crippen LogP contribution in [0, 0.1) is 18.6 Å². The van der Waals surface area contributed by atoms with Gasteiger partial charge in [0.25, 0.3) is 0 Å². The molecule has 0 saturated heterocycles. The number of benzene rings is 1. The second-order valence-electron chi connectivity index (χ2n) is 4.45. The van der Waals surface area contributed by atoms with Gasteiger partial charge in [0.1, 0.15) is 23.5 Å². The molecule has 0 aliphatic carbocycles. The van der Waals surface area contributed by atoms with E-state index in [1.165, 1.54) is 18.4 Å². The summed E-state index contributed by atoms with van der Waals surface area (Å²) in [5, 5.41) is 6.76. The van der Waals surface area contributed by atoms with E-state index >= 15 is 0 Å². The number of rotatable bonds is 3. The molecule has 3 aromatic rings. The van der Waals surface area contributed by atoms with Crippen LogP contribution >= 0.6 is 0 Å². The van der Waals surface area contributed by atoms with Gasteiger partial charge >= 0.3 is 0 Å². The largest absolute Gasteiger partial charge is 0.362 e. The highest BCUT2D eigenvalue weighted by atomic mass is 19.2. The summed E-state index contributed by atoms with van der Waals surface area (Å²) >= 11 is 0. The van der Waals surface area contributed by atoms with Crippen molar-refractivity contribution in [3.8, 4) is 11.3 Å². The van der Waals surface area contributed by atoms with Crippen molar-refractivity contribution in [1.29, 1.82) is 0 Å². The predicted molar refractivity (Wildman–Crippen MR) is 74.1 cm³/mol. The van der Waals surface area contributed by atoms with E-state index in [9.17, 15) is 8.78 Å². The molecule has 0 fully saturated rings. The Labute approximate surface area is 119 Å². The lowest BCUT2D eigenvalue weighted by molar-refractivity contribution is 0.415. The molecule has 6 heteroatoms. The third kappa shape index (κ3) is 2.60. The lowest BCUT2D eigenvalue weighted by Gasteiger charge is -2.07. The third-order valence-electron chi connectivity index (χ3n) is 2.99. The van der Waals surface area contributed by atoms with Gasteiger partial charge in [-0.25, -0.2) is 13.8 Å². The maximum atomic E-state index is 13.8. The highest BCUT2D eigenvalue weighted by Gasteiger charge is 2.11. The van der Waals surface area contributed by atoms with E-state index < -0.39 is 11.6 Å². The SMILES string of the molecule is Cc1nocc1Nc1cccc(-c2cccc(F)c2F)n1. The standard InChI is InChI=1S/C15H11F2N3O/c1-9-13(8-21-20-9)19-14-7-3-6-12(18-14)10-4-2-5-11(16)15(10)17/h2-8H,1H3,(H,18,19). The van der Waals surface area contributed by atoms with E-state index in [2.05, 4.69) is 15.5 Å². The van der Waals surface area contributed by atoms with Gasteiger partial charge in [-0.05, 0) is 31.2 Å². The second kappa shape index (κ2) is 5.32. The first-order valence-electron chi connectivity index (χ1n) is 6.24. The summed E-state index contributed by atoms with van der Waals surface area (Å²) in [5.41, 5.74) is 1.80. The molecule has 106 valence electrons. The molecular formula is C15H11F2N3O. The molecule has 0 saturated carbocycles. The number of aryl methyl sites for hydroxylation is 1. The van der Waals surface area contributed by atoms with Crippen LogP contribution in [0.2, 0.25) is 0 Å². The Morgan fingerprint density at radius 1 is 1.10 bits per heavy atom. The highest BCUT2D eigenvalue weighted by Crippen LogP contribution is 2.25. The summed E-state index contributed by atoms with van der Waals surface area (Å²) in [6.07, 6.45) is 1.45. The smallest absolute Gasteiger partial charge is 0.168 e. The van der Waals surface area contributed by atoms with Crippen LogP contribution in [0.5, 0.6) is 0 Å². The van der Waals surface area contributed by atoms with Gasteiger partial charge in [0.15, 0.2) is 11.6 Å². The van der Waals surface area contributed by atoms with E-state index in [1.54, 1.807) is 25.1 Å². The Hall–Kier alpha value is -2.76. The number of halogens is 2. The van der Waals surface area contributed by atoms with Crippen molar-refractivity contribution in [3.05, 3.63) is 60.0 Å². The fourth-order valence-corrected chi connectivity index (χ4v) is 1.91. The zero-order valence-corrected chi connectivity index (χ0v) is 11.1. The van der Waals surface area contributed by atoms with Gasteiger partial charge in [-0.2, -0.15) is 0 Å². The number of hydrogen-bond donors (Lipinski definition) is 1. The minimum atomic E-state index is -0.914. The average Bonchev–Trinajstić information content (AvgIpc) is 2.88. The lowest BCUT2D eigenvalue weighted by Crippen LogP contribution is -1.97. The zero-order chi connectivity index (χ0) is 14.8. The van der Waals surface area contributed by atoms with Gasteiger partial charge in [-0.3, -0.25) is 0 Å². The molecule has 0 aliphatic heterocycles. The zero-order valence-electron chi connectivity index (χ0n) is 11.1. The molecule has 0 radical (unpaired) electrons. The van der Waals surface area contributed by atoms with Crippen molar-refractivity contribution in [1.82, 2.24) is 10.1 Å². The Morgan fingerprint density at radius 3 is 2.67 bits per heavy atom. The van der Waals surface area contributed by atoms with Crippen LogP contribution in [0.4, 0.5) is 20.3 Å². The van der Waals surface area contributed by atoms with Gasteiger partial charge in [-0.15, -0.1) is 0 Å². The molecular weight excluding hydrogens is 276 g/mol. The van der Waals surface area contributed by atoms with Gasteiger partial charge < -0.3 is 9.84 Å². The average molecular weight is 287 g/mol.